The van der Waals surface area contributed by atoms with Gasteiger partial charge in [0.25, 0.3) is 0 Å². The van der Waals surface area contributed by atoms with Crippen molar-refractivity contribution in [2.24, 2.45) is 0 Å². The zero-order chi connectivity index (χ0) is 25.8. The molecule has 6 rings (SSSR count). The van der Waals surface area contributed by atoms with E-state index in [4.69, 9.17) is 14.0 Å². The smallest absolute Gasteiger partial charge is 0.401 e. The fraction of sp³-hybridized carbons (Fsp3) is 0.280. The van der Waals surface area contributed by atoms with Crippen molar-refractivity contribution < 1.29 is 36.4 Å². The first kappa shape index (κ1) is 23.2. The maximum Gasteiger partial charge on any atom is 0.401 e. The minimum Gasteiger partial charge on any atom is -0.486 e. The number of carbonyl (C=O) groups is 1. The van der Waals surface area contributed by atoms with Crippen molar-refractivity contribution in [1.82, 2.24) is 15.1 Å². The van der Waals surface area contributed by atoms with Crippen LogP contribution in [0.25, 0.3) is 22.3 Å². The van der Waals surface area contributed by atoms with E-state index in [1.807, 2.05) is 0 Å². The summed E-state index contributed by atoms with van der Waals surface area (Å²) in [6, 6.07) is 8.79. The molecule has 1 aliphatic carbocycles. The van der Waals surface area contributed by atoms with E-state index < -0.39 is 23.3 Å². The number of amides is 1. The van der Waals surface area contributed by atoms with Gasteiger partial charge in [0.2, 0.25) is 5.91 Å². The lowest BCUT2D eigenvalue weighted by molar-refractivity contribution is -0.165. The lowest BCUT2D eigenvalue weighted by Gasteiger charge is -2.18. The Bertz CT molecular complexity index is 1530. The summed E-state index contributed by atoms with van der Waals surface area (Å²) in [6.07, 6.45) is -3.50. The van der Waals surface area contributed by atoms with E-state index in [9.17, 15) is 22.4 Å². The minimum absolute atomic E-state index is 0.0901. The van der Waals surface area contributed by atoms with Crippen molar-refractivity contribution in [2.75, 3.05) is 18.5 Å². The number of halogens is 4. The fourth-order valence-corrected chi connectivity index (χ4v) is 4.25. The van der Waals surface area contributed by atoms with Crippen molar-refractivity contribution in [2.45, 2.75) is 30.9 Å². The molecule has 0 saturated heterocycles. The molecule has 12 heteroatoms. The molecular weight excluding hydrogens is 496 g/mol. The predicted molar refractivity (Wildman–Crippen MR) is 122 cm³/mol. The first-order chi connectivity index (χ1) is 17.7. The predicted octanol–water partition coefficient (Wildman–Crippen LogP) is 4.97. The molecule has 0 unspecified atom stereocenters. The Morgan fingerprint density at radius 1 is 1.03 bits per heavy atom. The SMILES string of the molecule is O=C(Cc1ccc(-c2cnc3cc4c(cc3n2)OCCO4)cc1F)Nc1cc(C2(C(F)(F)F)CC2)on1. The van der Waals surface area contributed by atoms with Crippen LogP contribution in [-0.4, -0.2) is 40.4 Å². The summed E-state index contributed by atoms with van der Waals surface area (Å²) >= 11 is 0. The highest BCUT2D eigenvalue weighted by Crippen LogP contribution is 2.59. The molecule has 8 nitrogen and oxygen atoms in total. The number of hydrogen-bond acceptors (Lipinski definition) is 7. The first-order valence-corrected chi connectivity index (χ1v) is 11.4. The number of rotatable bonds is 5. The molecule has 3 heterocycles. The topological polar surface area (TPSA) is 99.4 Å². The minimum atomic E-state index is -4.46. The van der Waals surface area contributed by atoms with Gasteiger partial charge in [0.1, 0.15) is 24.4 Å². The molecule has 1 saturated carbocycles. The summed E-state index contributed by atoms with van der Waals surface area (Å²) in [7, 11) is 0. The van der Waals surface area contributed by atoms with E-state index in [0.717, 1.165) is 6.07 Å². The van der Waals surface area contributed by atoms with Gasteiger partial charge < -0.3 is 19.3 Å². The Morgan fingerprint density at radius 2 is 1.76 bits per heavy atom. The zero-order valence-electron chi connectivity index (χ0n) is 19.1. The Kier molecular flexibility index (Phi) is 5.28. The van der Waals surface area contributed by atoms with Gasteiger partial charge in [-0.3, -0.25) is 9.78 Å². The number of benzene rings is 2. The number of anilines is 1. The summed E-state index contributed by atoms with van der Waals surface area (Å²) in [6.45, 7) is 0.879. The standard InChI is InChI=1S/C25H18F4N4O4/c26-15-7-14(18-12-30-16-9-19-20(10-17(16)31-18)36-6-5-35-19)2-1-13(15)8-23(34)32-22-11-21(37-33-22)24(3-4-24)25(27,28)29/h1-2,7,9-12H,3-6,8H2,(H,32,33,34). The molecule has 0 bridgehead atoms. The number of ether oxygens (including phenoxy) is 2. The second-order valence-corrected chi connectivity index (χ2v) is 8.93. The van der Waals surface area contributed by atoms with Gasteiger partial charge in [0.05, 0.1) is 29.3 Å². The lowest BCUT2D eigenvalue weighted by atomic mass is 10.0. The van der Waals surface area contributed by atoms with Crippen molar-refractivity contribution in [3.8, 4) is 22.8 Å². The van der Waals surface area contributed by atoms with Crippen LogP contribution in [0, 0.1) is 5.82 Å². The van der Waals surface area contributed by atoms with Crippen LogP contribution in [0.15, 0.2) is 47.1 Å². The summed E-state index contributed by atoms with van der Waals surface area (Å²) in [5.74, 6) is -0.656. The van der Waals surface area contributed by atoms with E-state index in [1.165, 1.54) is 18.3 Å². The van der Waals surface area contributed by atoms with E-state index in [1.54, 1.807) is 18.2 Å². The van der Waals surface area contributed by atoms with E-state index in [2.05, 4.69) is 20.4 Å². The number of nitrogens with one attached hydrogen (secondary N) is 1. The van der Waals surface area contributed by atoms with Crippen LogP contribution >= 0.6 is 0 Å². The molecule has 0 atom stereocenters. The summed E-state index contributed by atoms with van der Waals surface area (Å²) < 4.78 is 70.6. The van der Waals surface area contributed by atoms with Crippen molar-refractivity contribution >= 4 is 22.8 Å². The Morgan fingerprint density at radius 3 is 2.43 bits per heavy atom. The fourth-order valence-electron chi connectivity index (χ4n) is 4.25. The molecule has 2 aliphatic rings. The van der Waals surface area contributed by atoms with Gasteiger partial charge in [0.15, 0.2) is 23.1 Å². The third kappa shape index (κ3) is 4.21. The van der Waals surface area contributed by atoms with Crippen molar-refractivity contribution in [1.29, 1.82) is 0 Å². The average molecular weight is 514 g/mol. The monoisotopic (exact) mass is 514 g/mol. The van der Waals surface area contributed by atoms with Crippen LogP contribution in [0.1, 0.15) is 24.2 Å². The molecule has 1 aliphatic heterocycles. The number of hydrogen-bond donors (Lipinski definition) is 1. The largest absolute Gasteiger partial charge is 0.486 e. The Labute approximate surface area is 206 Å². The van der Waals surface area contributed by atoms with Crippen LogP contribution in [0.3, 0.4) is 0 Å². The zero-order valence-corrected chi connectivity index (χ0v) is 19.1. The van der Waals surface area contributed by atoms with Gasteiger partial charge in [-0.25, -0.2) is 9.37 Å². The van der Waals surface area contributed by atoms with Crippen LogP contribution in [0.5, 0.6) is 11.5 Å². The van der Waals surface area contributed by atoms with E-state index in [0.29, 0.717) is 47.0 Å². The maximum atomic E-state index is 14.8. The van der Waals surface area contributed by atoms with Gasteiger partial charge in [0, 0.05) is 23.8 Å². The molecule has 4 aromatic rings. The molecule has 1 fully saturated rings. The molecule has 1 amide bonds. The quantitative estimate of drug-likeness (QED) is 0.376. The molecule has 2 aromatic carbocycles. The second-order valence-electron chi connectivity index (χ2n) is 8.93. The highest BCUT2D eigenvalue weighted by Gasteiger charge is 2.66. The molecule has 0 radical (unpaired) electrons. The lowest BCUT2D eigenvalue weighted by Crippen LogP contribution is -2.28. The summed E-state index contributed by atoms with van der Waals surface area (Å²) in [4.78, 5) is 21.3. The van der Waals surface area contributed by atoms with E-state index in [-0.39, 0.29) is 36.4 Å². The van der Waals surface area contributed by atoms with Crippen LogP contribution in [0.2, 0.25) is 0 Å². The molecule has 2 aromatic heterocycles. The number of aromatic nitrogens is 3. The molecular formula is C25H18F4N4O4. The number of alkyl halides is 3. The highest BCUT2D eigenvalue weighted by atomic mass is 19.4. The van der Waals surface area contributed by atoms with E-state index >= 15 is 0 Å². The Balaban J connectivity index is 1.16. The number of nitrogens with zero attached hydrogens (tertiary/aromatic N) is 3. The maximum absolute atomic E-state index is 14.8. The van der Waals surface area contributed by atoms with Gasteiger partial charge in [-0.05, 0) is 24.5 Å². The van der Waals surface area contributed by atoms with Crippen molar-refractivity contribution in [3.63, 3.8) is 0 Å². The van der Waals surface area contributed by atoms with Crippen LogP contribution in [-0.2, 0) is 16.6 Å². The normalized spacial score (nSPS) is 16.0. The van der Waals surface area contributed by atoms with Crippen LogP contribution in [0.4, 0.5) is 23.4 Å². The summed E-state index contributed by atoms with van der Waals surface area (Å²) in [5.41, 5.74) is 0.0716. The average Bonchev–Trinajstić information content (AvgIpc) is 3.57. The van der Waals surface area contributed by atoms with Gasteiger partial charge in [-0.15, -0.1) is 0 Å². The van der Waals surface area contributed by atoms with Crippen LogP contribution < -0.4 is 14.8 Å². The second kappa shape index (κ2) is 8.43. The Hall–Kier alpha value is -4.22. The molecule has 1 N–H and O–H groups in total. The third-order valence-electron chi connectivity index (χ3n) is 6.45. The van der Waals surface area contributed by atoms with Crippen molar-refractivity contribution in [3.05, 3.63) is 59.7 Å². The number of fused-ring (bicyclic) bond motifs is 2. The molecule has 190 valence electrons. The highest BCUT2D eigenvalue weighted by molar-refractivity contribution is 5.91. The number of carbonyl (C=O) groups excluding carboxylic acids is 1. The van der Waals surface area contributed by atoms with Gasteiger partial charge >= 0.3 is 6.18 Å². The van der Waals surface area contributed by atoms with Gasteiger partial charge in [-0.1, -0.05) is 17.3 Å². The third-order valence-corrected chi connectivity index (χ3v) is 6.45. The van der Waals surface area contributed by atoms with Gasteiger partial charge in [-0.2, -0.15) is 13.2 Å². The molecule has 37 heavy (non-hydrogen) atoms. The first-order valence-electron chi connectivity index (χ1n) is 11.4. The summed E-state index contributed by atoms with van der Waals surface area (Å²) in [5, 5.41) is 5.87. The molecule has 0 spiro atoms.